The third-order valence-corrected chi connectivity index (χ3v) is 6.21. The van der Waals surface area contributed by atoms with E-state index in [9.17, 15) is 14.4 Å². The van der Waals surface area contributed by atoms with E-state index in [4.69, 9.17) is 0 Å². The number of ether oxygens (including phenoxy) is 1. The molecule has 0 N–H and O–H groups in total. The lowest BCUT2D eigenvalue weighted by molar-refractivity contribution is -0.148. The highest BCUT2D eigenvalue weighted by atomic mass is 32.2. The molecule has 7 heteroatoms. The van der Waals surface area contributed by atoms with Crippen LogP contribution in [0.3, 0.4) is 0 Å². The van der Waals surface area contributed by atoms with Crippen molar-refractivity contribution in [2.75, 3.05) is 7.11 Å². The summed E-state index contributed by atoms with van der Waals surface area (Å²) in [5, 5.41) is -0.470. The fraction of sp³-hybridized carbons (Fsp3) is 0.348. The van der Waals surface area contributed by atoms with Crippen LogP contribution in [-0.4, -0.2) is 39.7 Å². The number of imide groups is 1. The van der Waals surface area contributed by atoms with Gasteiger partial charge in [0, 0.05) is 17.1 Å². The molecule has 1 aliphatic rings. The van der Waals surface area contributed by atoms with Crippen LogP contribution in [0.5, 0.6) is 0 Å². The third-order valence-electron chi connectivity index (χ3n) is 5.33. The maximum Gasteiger partial charge on any atom is 0.328 e. The zero-order chi connectivity index (χ0) is 22.2. The Bertz CT molecular complexity index is 1030. The number of hydrogen-bond donors (Lipinski definition) is 0. The third kappa shape index (κ3) is 3.94. The molecular formula is C23H26N2O4S. The zero-order valence-electron chi connectivity index (χ0n) is 18.1. The lowest BCUT2D eigenvalue weighted by atomic mass is 10.0. The standard InChI is InChI=1S/C23H26N2O4S/c1-13(2)17-7-9-19(10-8-17)24-14(3)11-18(15(24)4)12-20-21(26)25(23(28)30-20)16(5)22(27)29-6/h7-13,16H,1-6H3/b20-12+/t16-/m1/s1. The van der Waals surface area contributed by atoms with Crippen molar-refractivity contribution in [1.29, 1.82) is 0 Å². The number of aromatic nitrogens is 1. The molecule has 0 aliphatic carbocycles. The predicted molar refractivity (Wildman–Crippen MR) is 119 cm³/mol. The largest absolute Gasteiger partial charge is 0.467 e. The number of thioether (sulfide) groups is 1. The molecule has 2 heterocycles. The number of methoxy groups -OCH3 is 1. The Hall–Kier alpha value is -2.80. The van der Waals surface area contributed by atoms with Crippen LogP contribution in [0.4, 0.5) is 4.79 Å². The van der Waals surface area contributed by atoms with Gasteiger partial charge in [-0.15, -0.1) is 0 Å². The summed E-state index contributed by atoms with van der Waals surface area (Å²) >= 11 is 0.839. The highest BCUT2D eigenvalue weighted by molar-refractivity contribution is 8.18. The molecule has 1 atom stereocenters. The maximum absolute atomic E-state index is 12.8. The lowest BCUT2D eigenvalue weighted by Gasteiger charge is -2.18. The molecule has 0 spiro atoms. The Labute approximate surface area is 180 Å². The van der Waals surface area contributed by atoms with Crippen LogP contribution >= 0.6 is 11.8 Å². The van der Waals surface area contributed by atoms with E-state index in [-0.39, 0.29) is 0 Å². The van der Waals surface area contributed by atoms with Gasteiger partial charge in [0.15, 0.2) is 0 Å². The van der Waals surface area contributed by atoms with Gasteiger partial charge in [-0.05, 0) is 73.9 Å². The summed E-state index contributed by atoms with van der Waals surface area (Å²) in [5.41, 5.74) is 5.17. The Morgan fingerprint density at radius 3 is 2.30 bits per heavy atom. The molecule has 6 nitrogen and oxygen atoms in total. The second-order valence-corrected chi connectivity index (χ2v) is 8.65. The minimum atomic E-state index is -0.958. The van der Waals surface area contributed by atoms with Gasteiger partial charge >= 0.3 is 5.97 Å². The van der Waals surface area contributed by atoms with E-state index in [2.05, 4.69) is 47.4 Å². The number of carbonyl (C=O) groups excluding carboxylic acids is 3. The lowest BCUT2D eigenvalue weighted by Crippen LogP contribution is -2.42. The topological polar surface area (TPSA) is 68.6 Å². The van der Waals surface area contributed by atoms with E-state index >= 15 is 0 Å². The van der Waals surface area contributed by atoms with Crippen LogP contribution in [0.1, 0.15) is 49.2 Å². The van der Waals surface area contributed by atoms with E-state index in [1.807, 2.05) is 19.9 Å². The van der Waals surface area contributed by atoms with Crippen molar-refractivity contribution in [1.82, 2.24) is 9.47 Å². The molecule has 0 radical (unpaired) electrons. The van der Waals surface area contributed by atoms with Crippen molar-refractivity contribution in [3.8, 4) is 5.69 Å². The first kappa shape index (κ1) is 21.9. The highest BCUT2D eigenvalue weighted by Crippen LogP contribution is 2.35. The van der Waals surface area contributed by atoms with Crippen LogP contribution in [0.15, 0.2) is 35.2 Å². The van der Waals surface area contributed by atoms with Gasteiger partial charge in [-0.2, -0.15) is 0 Å². The van der Waals surface area contributed by atoms with Gasteiger partial charge < -0.3 is 9.30 Å². The second-order valence-electron chi connectivity index (χ2n) is 7.66. The molecule has 1 aromatic carbocycles. The zero-order valence-corrected chi connectivity index (χ0v) is 18.9. The molecule has 0 saturated carbocycles. The monoisotopic (exact) mass is 426 g/mol. The fourth-order valence-electron chi connectivity index (χ4n) is 3.57. The molecule has 1 aliphatic heterocycles. The van der Waals surface area contributed by atoms with E-state index < -0.39 is 23.2 Å². The number of rotatable bonds is 5. The van der Waals surface area contributed by atoms with Crippen molar-refractivity contribution in [3.05, 3.63) is 57.8 Å². The van der Waals surface area contributed by atoms with Crippen LogP contribution in [0, 0.1) is 13.8 Å². The van der Waals surface area contributed by atoms with E-state index in [0.29, 0.717) is 10.8 Å². The van der Waals surface area contributed by atoms with E-state index in [1.165, 1.54) is 19.6 Å². The SMILES string of the molecule is COC(=O)[C@@H](C)N1C(=O)S/C(=C/c2cc(C)n(-c3ccc(C(C)C)cc3)c2C)C1=O. The first-order valence-electron chi connectivity index (χ1n) is 9.79. The molecule has 1 fully saturated rings. The van der Waals surface area contributed by atoms with Crippen molar-refractivity contribution in [2.24, 2.45) is 0 Å². The smallest absolute Gasteiger partial charge is 0.328 e. The average molecular weight is 427 g/mol. The van der Waals surface area contributed by atoms with Crippen LogP contribution in [0.25, 0.3) is 11.8 Å². The van der Waals surface area contributed by atoms with E-state index in [0.717, 1.165) is 39.3 Å². The maximum atomic E-state index is 12.8. The number of aryl methyl sites for hydroxylation is 1. The highest BCUT2D eigenvalue weighted by Gasteiger charge is 2.41. The Morgan fingerprint density at radius 1 is 1.10 bits per heavy atom. The number of carbonyl (C=O) groups is 3. The molecule has 30 heavy (non-hydrogen) atoms. The van der Waals surface area contributed by atoms with Gasteiger partial charge in [0.05, 0.1) is 12.0 Å². The summed E-state index contributed by atoms with van der Waals surface area (Å²) in [5.74, 6) is -0.639. The minimum Gasteiger partial charge on any atom is -0.467 e. The van der Waals surface area contributed by atoms with Gasteiger partial charge in [0.25, 0.3) is 11.1 Å². The number of esters is 1. The second kappa shape index (κ2) is 8.52. The number of benzene rings is 1. The van der Waals surface area contributed by atoms with Crippen molar-refractivity contribution >= 4 is 35.0 Å². The molecule has 0 unspecified atom stereocenters. The van der Waals surface area contributed by atoms with Gasteiger partial charge in [0.1, 0.15) is 6.04 Å². The predicted octanol–water partition coefficient (Wildman–Crippen LogP) is 4.82. The molecule has 1 saturated heterocycles. The number of amides is 2. The normalized spacial score (nSPS) is 16.6. The molecule has 2 aromatic rings. The quantitative estimate of drug-likeness (QED) is 0.507. The van der Waals surface area contributed by atoms with Crippen LogP contribution < -0.4 is 0 Å². The van der Waals surface area contributed by atoms with Gasteiger partial charge in [0.2, 0.25) is 0 Å². The van der Waals surface area contributed by atoms with Gasteiger partial charge in [-0.3, -0.25) is 14.5 Å². The van der Waals surface area contributed by atoms with Crippen molar-refractivity contribution in [2.45, 2.75) is 46.6 Å². The van der Waals surface area contributed by atoms with E-state index in [1.54, 1.807) is 6.08 Å². The molecular weight excluding hydrogens is 400 g/mol. The molecule has 3 rings (SSSR count). The van der Waals surface area contributed by atoms with Crippen LogP contribution in [-0.2, 0) is 14.3 Å². The molecule has 2 amide bonds. The molecule has 0 bridgehead atoms. The summed E-state index contributed by atoms with van der Waals surface area (Å²) in [7, 11) is 1.23. The summed E-state index contributed by atoms with van der Waals surface area (Å²) in [6.07, 6.45) is 1.72. The van der Waals surface area contributed by atoms with Crippen LogP contribution in [0.2, 0.25) is 0 Å². The number of nitrogens with zero attached hydrogens (tertiary/aromatic N) is 2. The van der Waals surface area contributed by atoms with Crippen molar-refractivity contribution < 1.29 is 19.1 Å². The fourth-order valence-corrected chi connectivity index (χ4v) is 4.47. The summed E-state index contributed by atoms with van der Waals surface area (Å²) in [4.78, 5) is 38.1. The molecule has 1 aromatic heterocycles. The average Bonchev–Trinajstić information content (AvgIpc) is 3.15. The minimum absolute atomic E-state index is 0.297. The summed E-state index contributed by atoms with van der Waals surface area (Å²) in [6.45, 7) is 9.79. The Kier molecular flexibility index (Phi) is 6.22. The summed E-state index contributed by atoms with van der Waals surface area (Å²) in [6, 6.07) is 9.45. The summed E-state index contributed by atoms with van der Waals surface area (Å²) < 4.78 is 6.79. The van der Waals surface area contributed by atoms with Gasteiger partial charge in [-0.25, -0.2) is 4.79 Å². The first-order valence-corrected chi connectivity index (χ1v) is 10.6. The Balaban J connectivity index is 1.94. The van der Waals surface area contributed by atoms with Crippen molar-refractivity contribution in [3.63, 3.8) is 0 Å². The molecule has 158 valence electrons. The van der Waals surface area contributed by atoms with Gasteiger partial charge in [-0.1, -0.05) is 26.0 Å². The number of hydrogen-bond acceptors (Lipinski definition) is 5. The first-order chi connectivity index (χ1) is 14.1. The Morgan fingerprint density at radius 2 is 1.73 bits per heavy atom.